The largest absolute Gasteiger partial charge is 0.382 e. The van der Waals surface area contributed by atoms with Crippen molar-refractivity contribution in [3.05, 3.63) is 69.3 Å². The number of nitrogens with two attached hydrogens (primary N) is 1. The van der Waals surface area contributed by atoms with Gasteiger partial charge in [0.05, 0.1) is 0 Å². The molecule has 168 valence electrons. The number of hydrogen-bond acceptors (Lipinski definition) is 4. The van der Waals surface area contributed by atoms with E-state index in [0.29, 0.717) is 23.2 Å². The third kappa shape index (κ3) is 3.07. The SMILES string of the molecule is Cc1nc(N)ncc1C1CC2=C(C(c3cccc4c3CCC4)=C(F)C(F)(F)C2O)C(F)C1. The van der Waals surface area contributed by atoms with Gasteiger partial charge in [0, 0.05) is 17.5 Å². The summed E-state index contributed by atoms with van der Waals surface area (Å²) in [6.45, 7) is 1.69. The molecule has 0 fully saturated rings. The smallest absolute Gasteiger partial charge is 0.328 e. The summed E-state index contributed by atoms with van der Waals surface area (Å²) in [5.74, 6) is -6.35. The van der Waals surface area contributed by atoms with Gasteiger partial charge >= 0.3 is 5.92 Å². The van der Waals surface area contributed by atoms with Crippen LogP contribution in [0.15, 0.2) is 41.4 Å². The molecule has 32 heavy (non-hydrogen) atoms. The fourth-order valence-corrected chi connectivity index (χ4v) is 5.48. The molecule has 3 N–H and O–H groups in total. The highest BCUT2D eigenvalue weighted by atomic mass is 19.3. The minimum absolute atomic E-state index is 0.0353. The van der Waals surface area contributed by atoms with E-state index in [1.54, 1.807) is 19.1 Å². The number of hydrogen-bond donors (Lipinski definition) is 2. The number of aryl methyl sites for hydroxylation is 2. The Labute approximate surface area is 182 Å². The second-order valence-corrected chi connectivity index (χ2v) is 8.82. The lowest BCUT2D eigenvalue weighted by atomic mass is 9.70. The Kier molecular flexibility index (Phi) is 4.89. The zero-order chi connectivity index (χ0) is 22.8. The maximum Gasteiger partial charge on any atom is 0.328 e. The van der Waals surface area contributed by atoms with E-state index in [0.717, 1.165) is 24.0 Å². The van der Waals surface area contributed by atoms with E-state index < -0.39 is 29.9 Å². The number of alkyl halides is 3. The monoisotopic (exact) mass is 445 g/mol. The summed E-state index contributed by atoms with van der Waals surface area (Å²) in [7, 11) is 0. The van der Waals surface area contributed by atoms with Crippen molar-refractivity contribution in [1.82, 2.24) is 9.97 Å². The molecule has 0 spiro atoms. The number of aliphatic hydroxyl groups excluding tert-OH is 1. The average molecular weight is 445 g/mol. The Morgan fingerprint density at radius 2 is 2.00 bits per heavy atom. The van der Waals surface area contributed by atoms with Gasteiger partial charge in [0.1, 0.15) is 12.3 Å². The van der Waals surface area contributed by atoms with Crippen molar-refractivity contribution in [3.8, 4) is 0 Å². The Morgan fingerprint density at radius 3 is 2.75 bits per heavy atom. The van der Waals surface area contributed by atoms with E-state index in [2.05, 4.69) is 9.97 Å². The molecule has 3 aliphatic rings. The molecule has 5 rings (SSSR count). The van der Waals surface area contributed by atoms with E-state index in [1.165, 1.54) is 6.20 Å². The van der Waals surface area contributed by atoms with Gasteiger partial charge in [-0.1, -0.05) is 18.2 Å². The van der Waals surface area contributed by atoms with Crippen LogP contribution in [-0.2, 0) is 12.8 Å². The molecule has 0 amide bonds. The number of nitrogens with zero attached hydrogens (tertiary/aromatic N) is 2. The normalized spacial score (nSPS) is 26.9. The molecule has 3 unspecified atom stereocenters. The first-order chi connectivity index (χ1) is 15.2. The van der Waals surface area contributed by atoms with Crippen molar-refractivity contribution in [2.24, 2.45) is 0 Å². The minimum Gasteiger partial charge on any atom is -0.382 e. The van der Waals surface area contributed by atoms with Gasteiger partial charge in [0.15, 0.2) is 5.83 Å². The lowest BCUT2D eigenvalue weighted by molar-refractivity contribution is -0.0793. The first-order valence-corrected chi connectivity index (χ1v) is 10.7. The van der Waals surface area contributed by atoms with Crippen molar-refractivity contribution in [2.45, 2.75) is 63.1 Å². The predicted octanol–water partition coefficient (Wildman–Crippen LogP) is 4.76. The second kappa shape index (κ2) is 7.40. The van der Waals surface area contributed by atoms with Crippen LogP contribution in [0.25, 0.3) is 5.57 Å². The highest BCUT2D eigenvalue weighted by molar-refractivity contribution is 5.87. The highest BCUT2D eigenvalue weighted by Gasteiger charge is 2.54. The van der Waals surface area contributed by atoms with Gasteiger partial charge in [-0.3, -0.25) is 0 Å². The molecule has 1 aromatic heterocycles. The zero-order valence-corrected chi connectivity index (χ0v) is 17.5. The molecule has 1 aromatic carbocycles. The molecule has 8 heteroatoms. The number of aromatic nitrogens is 2. The van der Waals surface area contributed by atoms with Gasteiger partial charge in [-0.05, 0) is 78.3 Å². The number of anilines is 1. The molecular formula is C24H23F4N3O. The summed E-state index contributed by atoms with van der Waals surface area (Å²) in [5.41, 5.74) is 8.11. The first kappa shape index (κ1) is 21.1. The number of benzene rings is 1. The molecule has 0 aliphatic heterocycles. The summed E-state index contributed by atoms with van der Waals surface area (Å²) >= 11 is 0. The van der Waals surface area contributed by atoms with E-state index in [1.807, 2.05) is 6.07 Å². The summed E-state index contributed by atoms with van der Waals surface area (Å²) in [6, 6.07) is 5.16. The highest BCUT2D eigenvalue weighted by Crippen LogP contribution is 2.54. The molecule has 0 saturated heterocycles. The number of aliphatic hydroxyl groups is 1. The lowest BCUT2D eigenvalue weighted by Crippen LogP contribution is -2.43. The molecule has 2 aromatic rings. The van der Waals surface area contributed by atoms with Crippen LogP contribution >= 0.6 is 0 Å². The van der Waals surface area contributed by atoms with Crippen molar-refractivity contribution in [3.63, 3.8) is 0 Å². The quantitative estimate of drug-likeness (QED) is 0.654. The number of nitrogen functional groups attached to an aromatic ring is 1. The third-order valence-electron chi connectivity index (χ3n) is 6.96. The molecule has 3 atom stereocenters. The first-order valence-electron chi connectivity index (χ1n) is 10.7. The van der Waals surface area contributed by atoms with E-state index in [9.17, 15) is 13.9 Å². The molecule has 0 radical (unpaired) electrons. The van der Waals surface area contributed by atoms with E-state index >= 15 is 8.78 Å². The maximum absolute atomic E-state index is 15.7. The fraction of sp³-hybridized carbons (Fsp3) is 0.417. The van der Waals surface area contributed by atoms with Crippen LogP contribution < -0.4 is 5.73 Å². The second-order valence-electron chi connectivity index (χ2n) is 8.82. The van der Waals surface area contributed by atoms with Gasteiger partial charge < -0.3 is 10.8 Å². The molecule has 0 saturated carbocycles. The van der Waals surface area contributed by atoms with E-state index in [-0.39, 0.29) is 35.5 Å². The van der Waals surface area contributed by atoms with Crippen molar-refractivity contribution < 1.29 is 22.7 Å². The Balaban J connectivity index is 1.67. The Bertz CT molecular complexity index is 1170. The number of allylic oxidation sites excluding steroid dienone is 2. The Morgan fingerprint density at radius 1 is 1.22 bits per heavy atom. The predicted molar refractivity (Wildman–Crippen MR) is 113 cm³/mol. The summed E-state index contributed by atoms with van der Waals surface area (Å²) in [4.78, 5) is 8.04. The van der Waals surface area contributed by atoms with Gasteiger partial charge in [-0.2, -0.15) is 8.78 Å². The lowest BCUT2D eigenvalue weighted by Gasteiger charge is -2.39. The van der Waals surface area contributed by atoms with E-state index in [4.69, 9.17) is 5.73 Å². The number of rotatable bonds is 2. The van der Waals surface area contributed by atoms with Crippen LogP contribution in [0.2, 0.25) is 0 Å². The molecular weight excluding hydrogens is 422 g/mol. The fourth-order valence-electron chi connectivity index (χ4n) is 5.48. The van der Waals surface area contributed by atoms with Crippen LogP contribution in [-0.4, -0.2) is 33.3 Å². The van der Waals surface area contributed by atoms with Crippen LogP contribution in [0.4, 0.5) is 23.5 Å². The topological polar surface area (TPSA) is 72.0 Å². The maximum atomic E-state index is 15.7. The van der Waals surface area contributed by atoms with Crippen molar-refractivity contribution in [1.29, 1.82) is 0 Å². The zero-order valence-electron chi connectivity index (χ0n) is 17.5. The average Bonchev–Trinajstić information content (AvgIpc) is 3.23. The minimum atomic E-state index is -4.14. The van der Waals surface area contributed by atoms with Crippen LogP contribution in [0, 0.1) is 6.92 Å². The number of fused-ring (bicyclic) bond motifs is 1. The molecule has 0 bridgehead atoms. The van der Waals surface area contributed by atoms with Crippen LogP contribution in [0.1, 0.15) is 53.1 Å². The van der Waals surface area contributed by atoms with Gasteiger partial charge in [-0.15, -0.1) is 0 Å². The standard InChI is InChI=1S/C24H23F4N3O/c1-11-17(10-30-23(29)31-11)13-8-16-19(18(25)9-13)20(21(26)24(27,28)22(16)32)15-7-3-5-12-4-2-6-14(12)15/h3,5,7,10,13,18,22,32H,2,4,6,8-9H2,1H3,(H2,29,30,31). The molecule has 4 nitrogen and oxygen atoms in total. The van der Waals surface area contributed by atoms with Crippen LogP contribution in [0.5, 0.6) is 0 Å². The summed E-state index contributed by atoms with van der Waals surface area (Å²) in [5, 5.41) is 10.5. The molecule has 3 aliphatic carbocycles. The summed E-state index contributed by atoms with van der Waals surface area (Å²) in [6.07, 6.45) is -0.512. The molecule has 1 heterocycles. The Hall–Kier alpha value is -2.74. The van der Waals surface area contributed by atoms with Gasteiger partial charge in [0.25, 0.3) is 0 Å². The third-order valence-corrected chi connectivity index (χ3v) is 6.96. The number of halogens is 4. The van der Waals surface area contributed by atoms with Gasteiger partial charge in [0.2, 0.25) is 5.95 Å². The van der Waals surface area contributed by atoms with Crippen LogP contribution in [0.3, 0.4) is 0 Å². The van der Waals surface area contributed by atoms with Crippen molar-refractivity contribution in [2.75, 3.05) is 5.73 Å². The van der Waals surface area contributed by atoms with Gasteiger partial charge in [-0.25, -0.2) is 18.7 Å². The van der Waals surface area contributed by atoms with Crippen molar-refractivity contribution >= 4 is 11.5 Å². The summed E-state index contributed by atoms with van der Waals surface area (Å²) < 4.78 is 60.8.